The SMILES string of the molecule is CC(C)(C)S(=O)(=O)c1ncc[nH]1. The molecule has 4 nitrogen and oxygen atoms in total. The normalized spacial score (nSPS) is 13.2. The van der Waals surface area contributed by atoms with Crippen molar-refractivity contribution in [2.75, 3.05) is 0 Å². The summed E-state index contributed by atoms with van der Waals surface area (Å²) in [7, 11) is -3.30. The summed E-state index contributed by atoms with van der Waals surface area (Å²) in [6, 6.07) is 0. The smallest absolute Gasteiger partial charge is 0.225 e. The van der Waals surface area contributed by atoms with Crippen molar-refractivity contribution in [2.24, 2.45) is 0 Å². The standard InChI is InChI=1S/C7H12N2O2S/c1-7(2,3)12(10,11)6-8-4-5-9-6/h4-5H,1-3H3,(H,8,9). The number of hydrogen-bond acceptors (Lipinski definition) is 3. The fourth-order valence-corrected chi connectivity index (χ4v) is 1.69. The molecular weight excluding hydrogens is 176 g/mol. The van der Waals surface area contributed by atoms with E-state index in [1.54, 1.807) is 20.8 Å². The molecule has 0 atom stereocenters. The van der Waals surface area contributed by atoms with E-state index in [4.69, 9.17) is 0 Å². The second-order valence-corrected chi connectivity index (χ2v) is 6.13. The molecule has 0 fully saturated rings. The van der Waals surface area contributed by atoms with Crippen LogP contribution in [0.1, 0.15) is 20.8 Å². The van der Waals surface area contributed by atoms with Crippen molar-refractivity contribution in [3.05, 3.63) is 12.4 Å². The van der Waals surface area contributed by atoms with Crippen LogP contribution in [0, 0.1) is 0 Å². The largest absolute Gasteiger partial charge is 0.336 e. The van der Waals surface area contributed by atoms with E-state index in [9.17, 15) is 8.42 Å². The molecule has 12 heavy (non-hydrogen) atoms. The van der Waals surface area contributed by atoms with Gasteiger partial charge in [0.05, 0.1) is 4.75 Å². The summed E-state index contributed by atoms with van der Waals surface area (Å²) in [6.07, 6.45) is 2.93. The maximum absolute atomic E-state index is 11.6. The van der Waals surface area contributed by atoms with Crippen molar-refractivity contribution in [3.8, 4) is 0 Å². The zero-order chi connectivity index (χ0) is 9.41. The Morgan fingerprint density at radius 3 is 2.33 bits per heavy atom. The van der Waals surface area contributed by atoms with E-state index in [1.807, 2.05) is 0 Å². The van der Waals surface area contributed by atoms with Gasteiger partial charge in [0.15, 0.2) is 0 Å². The highest BCUT2D eigenvalue weighted by molar-refractivity contribution is 7.92. The highest BCUT2D eigenvalue weighted by Gasteiger charge is 2.32. The molecular formula is C7H12N2O2S. The molecule has 0 saturated heterocycles. The van der Waals surface area contributed by atoms with Gasteiger partial charge in [0.2, 0.25) is 15.0 Å². The first-order valence-corrected chi connectivity index (χ1v) is 5.08. The number of H-pyrrole nitrogens is 1. The van der Waals surface area contributed by atoms with Crippen molar-refractivity contribution in [2.45, 2.75) is 30.7 Å². The Bertz CT molecular complexity index is 345. The fraction of sp³-hybridized carbons (Fsp3) is 0.571. The van der Waals surface area contributed by atoms with E-state index < -0.39 is 14.6 Å². The Labute approximate surface area is 71.9 Å². The Morgan fingerprint density at radius 1 is 1.42 bits per heavy atom. The topological polar surface area (TPSA) is 62.8 Å². The minimum absolute atomic E-state index is 0.0370. The summed E-state index contributed by atoms with van der Waals surface area (Å²) >= 11 is 0. The molecule has 0 aliphatic carbocycles. The van der Waals surface area contributed by atoms with Gasteiger partial charge < -0.3 is 4.98 Å². The van der Waals surface area contributed by atoms with Crippen molar-refractivity contribution in [1.82, 2.24) is 9.97 Å². The second-order valence-electron chi connectivity index (χ2n) is 3.51. The third kappa shape index (κ3) is 1.36. The monoisotopic (exact) mass is 188 g/mol. The van der Waals surface area contributed by atoms with Gasteiger partial charge in [0.25, 0.3) is 0 Å². The highest BCUT2D eigenvalue weighted by Crippen LogP contribution is 2.20. The number of imidazole rings is 1. The molecule has 5 heteroatoms. The maximum Gasteiger partial charge on any atom is 0.225 e. The number of aromatic amines is 1. The van der Waals surface area contributed by atoms with Crippen LogP contribution in [0.4, 0.5) is 0 Å². The molecule has 68 valence electrons. The van der Waals surface area contributed by atoms with Crippen molar-refractivity contribution in [3.63, 3.8) is 0 Å². The van der Waals surface area contributed by atoms with Gasteiger partial charge >= 0.3 is 0 Å². The van der Waals surface area contributed by atoms with Crippen LogP contribution < -0.4 is 0 Å². The van der Waals surface area contributed by atoms with Crippen LogP contribution in [0.25, 0.3) is 0 Å². The number of aromatic nitrogens is 2. The van der Waals surface area contributed by atoms with E-state index in [-0.39, 0.29) is 5.16 Å². The molecule has 1 rings (SSSR count). The molecule has 1 heterocycles. The Kier molecular flexibility index (Phi) is 1.99. The molecule has 0 radical (unpaired) electrons. The van der Waals surface area contributed by atoms with Crippen molar-refractivity contribution < 1.29 is 8.42 Å². The van der Waals surface area contributed by atoms with Crippen LogP contribution in [0.2, 0.25) is 0 Å². The lowest BCUT2D eigenvalue weighted by atomic mass is 10.3. The van der Waals surface area contributed by atoms with Crippen LogP contribution in [0.5, 0.6) is 0 Å². The number of nitrogens with zero attached hydrogens (tertiary/aromatic N) is 1. The Balaban J connectivity index is 3.22. The minimum atomic E-state index is -3.30. The lowest BCUT2D eigenvalue weighted by molar-refractivity contribution is 0.552. The van der Waals surface area contributed by atoms with Crippen LogP contribution in [0.3, 0.4) is 0 Å². The van der Waals surface area contributed by atoms with E-state index in [2.05, 4.69) is 9.97 Å². The number of hydrogen-bond donors (Lipinski definition) is 1. The maximum atomic E-state index is 11.6. The summed E-state index contributed by atoms with van der Waals surface area (Å²) in [4.78, 5) is 6.30. The van der Waals surface area contributed by atoms with Crippen LogP contribution in [-0.4, -0.2) is 23.1 Å². The van der Waals surface area contributed by atoms with E-state index in [0.29, 0.717) is 0 Å². The van der Waals surface area contributed by atoms with E-state index in [0.717, 1.165) is 0 Å². The fourth-order valence-electron chi connectivity index (χ4n) is 0.688. The minimum Gasteiger partial charge on any atom is -0.336 e. The average molecular weight is 188 g/mol. The first-order chi connectivity index (χ1) is 5.36. The van der Waals surface area contributed by atoms with Gasteiger partial charge in [-0.3, -0.25) is 0 Å². The summed E-state index contributed by atoms with van der Waals surface area (Å²) in [5, 5.41) is 0.0370. The lowest BCUT2D eigenvalue weighted by Crippen LogP contribution is -2.28. The van der Waals surface area contributed by atoms with Gasteiger partial charge in [-0.1, -0.05) is 0 Å². The second kappa shape index (κ2) is 2.58. The molecule has 0 aliphatic rings. The first-order valence-electron chi connectivity index (χ1n) is 3.60. The third-order valence-corrected chi connectivity index (χ3v) is 3.88. The van der Waals surface area contributed by atoms with Crippen LogP contribution >= 0.6 is 0 Å². The van der Waals surface area contributed by atoms with Gasteiger partial charge in [-0.05, 0) is 20.8 Å². The molecule has 0 unspecified atom stereocenters. The molecule has 1 aromatic rings. The summed E-state index contributed by atoms with van der Waals surface area (Å²) in [5.41, 5.74) is 0. The predicted molar refractivity (Wildman–Crippen MR) is 45.5 cm³/mol. The van der Waals surface area contributed by atoms with Gasteiger partial charge in [0, 0.05) is 12.4 Å². The lowest BCUT2D eigenvalue weighted by Gasteiger charge is -2.16. The van der Waals surface area contributed by atoms with Crippen molar-refractivity contribution >= 4 is 9.84 Å². The van der Waals surface area contributed by atoms with E-state index in [1.165, 1.54) is 12.4 Å². The number of rotatable bonds is 1. The molecule has 0 aromatic carbocycles. The zero-order valence-electron chi connectivity index (χ0n) is 7.33. The number of sulfone groups is 1. The van der Waals surface area contributed by atoms with Gasteiger partial charge in [-0.2, -0.15) is 0 Å². The molecule has 0 bridgehead atoms. The quantitative estimate of drug-likeness (QED) is 0.714. The Morgan fingerprint density at radius 2 is 2.00 bits per heavy atom. The third-order valence-electron chi connectivity index (χ3n) is 1.53. The van der Waals surface area contributed by atoms with Crippen LogP contribution in [-0.2, 0) is 9.84 Å². The van der Waals surface area contributed by atoms with Gasteiger partial charge in [-0.15, -0.1) is 0 Å². The molecule has 0 aliphatic heterocycles. The molecule has 1 N–H and O–H groups in total. The highest BCUT2D eigenvalue weighted by atomic mass is 32.2. The molecule has 0 saturated carbocycles. The zero-order valence-corrected chi connectivity index (χ0v) is 8.14. The molecule has 0 spiro atoms. The summed E-state index contributed by atoms with van der Waals surface area (Å²) in [5.74, 6) is 0. The average Bonchev–Trinajstić information content (AvgIpc) is 2.34. The molecule has 1 aromatic heterocycles. The van der Waals surface area contributed by atoms with Crippen molar-refractivity contribution in [1.29, 1.82) is 0 Å². The molecule has 0 amide bonds. The van der Waals surface area contributed by atoms with Gasteiger partial charge in [0.1, 0.15) is 0 Å². The predicted octanol–water partition coefficient (Wildman–Crippen LogP) is 0.982. The summed E-state index contributed by atoms with van der Waals surface area (Å²) in [6.45, 7) is 4.93. The first kappa shape index (κ1) is 9.25. The Hall–Kier alpha value is -0.840. The van der Waals surface area contributed by atoms with Gasteiger partial charge in [-0.25, -0.2) is 13.4 Å². The summed E-state index contributed by atoms with van der Waals surface area (Å²) < 4.78 is 22.4. The number of nitrogens with one attached hydrogen (secondary N) is 1. The van der Waals surface area contributed by atoms with Crippen LogP contribution in [0.15, 0.2) is 17.6 Å². The van der Waals surface area contributed by atoms with E-state index >= 15 is 0 Å².